The van der Waals surface area contributed by atoms with Crippen LogP contribution in [0.25, 0.3) is 0 Å². The van der Waals surface area contributed by atoms with Crippen molar-refractivity contribution in [3.05, 3.63) is 17.8 Å². The Kier molecular flexibility index (Phi) is 4.07. The van der Waals surface area contributed by atoms with Crippen LogP contribution in [-0.4, -0.2) is 36.5 Å². The lowest BCUT2D eigenvalue weighted by molar-refractivity contribution is 0.0843. The van der Waals surface area contributed by atoms with E-state index in [0.29, 0.717) is 12.5 Å². The third kappa shape index (κ3) is 2.90. The average Bonchev–Trinajstić information content (AvgIpc) is 2.38. The Morgan fingerprint density at radius 1 is 1.31 bits per heavy atom. The maximum atomic E-state index is 5.40. The van der Waals surface area contributed by atoms with Crippen LogP contribution < -0.4 is 11.1 Å². The fourth-order valence-electron chi connectivity index (χ4n) is 1.85. The number of anilines is 1. The molecule has 5 nitrogen and oxygen atoms in total. The van der Waals surface area contributed by atoms with Gasteiger partial charge in [0.15, 0.2) is 0 Å². The van der Waals surface area contributed by atoms with Crippen molar-refractivity contribution in [3.8, 4) is 0 Å². The Bertz CT molecular complexity index is 308. The third-order valence-corrected chi connectivity index (χ3v) is 2.78. The fourth-order valence-corrected chi connectivity index (χ4v) is 1.85. The summed E-state index contributed by atoms with van der Waals surface area (Å²) in [5, 5.41) is 11.5. The maximum absolute atomic E-state index is 5.40. The first kappa shape index (κ1) is 11.3. The summed E-state index contributed by atoms with van der Waals surface area (Å²) >= 11 is 0. The van der Waals surface area contributed by atoms with Crippen LogP contribution in [0.4, 0.5) is 5.82 Å². The first-order valence-electron chi connectivity index (χ1n) is 5.75. The van der Waals surface area contributed by atoms with E-state index in [9.17, 15) is 0 Å². The van der Waals surface area contributed by atoms with Crippen molar-refractivity contribution in [2.24, 2.45) is 5.73 Å². The highest BCUT2D eigenvalue weighted by atomic mass is 16.5. The van der Waals surface area contributed by atoms with Gasteiger partial charge in [0.25, 0.3) is 0 Å². The van der Waals surface area contributed by atoms with E-state index in [2.05, 4.69) is 15.5 Å². The van der Waals surface area contributed by atoms with Gasteiger partial charge in [0.2, 0.25) is 0 Å². The van der Waals surface area contributed by atoms with Crippen LogP contribution in [0.5, 0.6) is 0 Å². The van der Waals surface area contributed by atoms with Crippen LogP contribution in [0.3, 0.4) is 0 Å². The molecule has 88 valence electrons. The van der Waals surface area contributed by atoms with Gasteiger partial charge in [-0.05, 0) is 25.0 Å². The Hall–Kier alpha value is -1.20. The van der Waals surface area contributed by atoms with Crippen molar-refractivity contribution in [1.82, 2.24) is 10.2 Å². The second-order valence-electron chi connectivity index (χ2n) is 3.95. The Balaban J connectivity index is 1.95. The van der Waals surface area contributed by atoms with Gasteiger partial charge in [-0.25, -0.2) is 0 Å². The molecule has 0 atom stereocenters. The molecule has 5 heteroatoms. The largest absolute Gasteiger partial charge is 0.381 e. The molecule has 16 heavy (non-hydrogen) atoms. The molecular formula is C11H18N4O. The van der Waals surface area contributed by atoms with Crippen molar-refractivity contribution in [2.45, 2.75) is 18.8 Å². The van der Waals surface area contributed by atoms with Crippen LogP contribution in [0.1, 0.15) is 24.5 Å². The first-order chi connectivity index (χ1) is 7.90. The van der Waals surface area contributed by atoms with Crippen molar-refractivity contribution >= 4 is 5.82 Å². The van der Waals surface area contributed by atoms with Gasteiger partial charge in [-0.1, -0.05) is 0 Å². The molecule has 0 saturated carbocycles. The van der Waals surface area contributed by atoms with Gasteiger partial charge in [-0.3, -0.25) is 0 Å². The molecule has 0 radical (unpaired) electrons. The van der Waals surface area contributed by atoms with Gasteiger partial charge in [0.1, 0.15) is 5.82 Å². The van der Waals surface area contributed by atoms with Crippen molar-refractivity contribution in [3.63, 3.8) is 0 Å². The predicted molar refractivity (Wildman–Crippen MR) is 62.4 cm³/mol. The van der Waals surface area contributed by atoms with E-state index in [-0.39, 0.29) is 0 Å². The van der Waals surface area contributed by atoms with Gasteiger partial charge in [-0.2, -0.15) is 5.10 Å². The fraction of sp³-hybridized carbons (Fsp3) is 0.636. The van der Waals surface area contributed by atoms with Crippen LogP contribution in [0.2, 0.25) is 0 Å². The minimum Gasteiger partial charge on any atom is -0.381 e. The molecule has 2 heterocycles. The zero-order valence-electron chi connectivity index (χ0n) is 9.35. The number of hydrogen-bond acceptors (Lipinski definition) is 5. The second-order valence-corrected chi connectivity index (χ2v) is 3.95. The summed E-state index contributed by atoms with van der Waals surface area (Å²) in [6, 6.07) is 4.01. The molecular weight excluding hydrogens is 204 g/mol. The van der Waals surface area contributed by atoms with E-state index < -0.39 is 0 Å². The second kappa shape index (κ2) is 5.77. The lowest BCUT2D eigenvalue weighted by Gasteiger charge is -2.20. The summed E-state index contributed by atoms with van der Waals surface area (Å²) in [5.74, 6) is 1.30. The predicted octanol–water partition coefficient (Wildman–Crippen LogP) is 0.741. The summed E-state index contributed by atoms with van der Waals surface area (Å²) in [5.41, 5.74) is 6.47. The highest BCUT2D eigenvalue weighted by Crippen LogP contribution is 2.24. The number of rotatable bonds is 4. The third-order valence-electron chi connectivity index (χ3n) is 2.78. The SMILES string of the molecule is NCCNc1ccc(C2CCOCC2)nn1. The van der Waals surface area contributed by atoms with Crippen LogP contribution >= 0.6 is 0 Å². The topological polar surface area (TPSA) is 73.1 Å². The molecule has 1 aromatic rings. The maximum Gasteiger partial charge on any atom is 0.148 e. The quantitative estimate of drug-likeness (QED) is 0.786. The molecule has 0 spiro atoms. The van der Waals surface area contributed by atoms with Crippen LogP contribution in [0.15, 0.2) is 12.1 Å². The van der Waals surface area contributed by atoms with E-state index in [1.165, 1.54) is 0 Å². The number of ether oxygens (including phenoxy) is 1. The Morgan fingerprint density at radius 2 is 2.12 bits per heavy atom. The van der Waals surface area contributed by atoms with E-state index >= 15 is 0 Å². The number of nitrogens with one attached hydrogen (secondary N) is 1. The molecule has 1 saturated heterocycles. The zero-order chi connectivity index (χ0) is 11.2. The average molecular weight is 222 g/mol. The molecule has 2 rings (SSSR count). The Labute approximate surface area is 95.4 Å². The van der Waals surface area contributed by atoms with E-state index in [1.807, 2.05) is 12.1 Å². The van der Waals surface area contributed by atoms with E-state index in [1.54, 1.807) is 0 Å². The van der Waals surface area contributed by atoms with Crippen molar-refractivity contribution in [2.75, 3.05) is 31.6 Å². The highest BCUT2D eigenvalue weighted by molar-refractivity contribution is 5.33. The van der Waals surface area contributed by atoms with E-state index in [4.69, 9.17) is 10.5 Å². The molecule has 0 bridgehead atoms. The minimum atomic E-state index is 0.504. The number of hydrogen-bond donors (Lipinski definition) is 2. The monoisotopic (exact) mass is 222 g/mol. The van der Waals surface area contributed by atoms with E-state index in [0.717, 1.165) is 44.1 Å². The van der Waals surface area contributed by atoms with Gasteiger partial charge < -0.3 is 15.8 Å². The lowest BCUT2D eigenvalue weighted by Crippen LogP contribution is -2.17. The smallest absolute Gasteiger partial charge is 0.148 e. The molecule has 1 aliphatic rings. The van der Waals surface area contributed by atoms with Crippen molar-refractivity contribution in [1.29, 1.82) is 0 Å². The summed E-state index contributed by atoms with van der Waals surface area (Å²) in [6.45, 7) is 2.99. The number of nitrogens with zero attached hydrogens (tertiary/aromatic N) is 2. The molecule has 0 unspecified atom stereocenters. The molecule has 1 fully saturated rings. The summed E-state index contributed by atoms with van der Waals surface area (Å²) in [7, 11) is 0. The number of aromatic nitrogens is 2. The minimum absolute atomic E-state index is 0.504. The standard InChI is InChI=1S/C11H18N4O/c12-5-6-13-11-2-1-10(14-15-11)9-3-7-16-8-4-9/h1-2,9H,3-8,12H2,(H,13,15). The molecule has 3 N–H and O–H groups in total. The summed E-state index contributed by atoms with van der Waals surface area (Å²) in [4.78, 5) is 0. The van der Waals surface area contributed by atoms with Gasteiger partial charge >= 0.3 is 0 Å². The van der Waals surface area contributed by atoms with Gasteiger partial charge in [0, 0.05) is 32.2 Å². The van der Waals surface area contributed by atoms with Crippen molar-refractivity contribution < 1.29 is 4.74 Å². The normalized spacial score (nSPS) is 17.3. The lowest BCUT2D eigenvalue weighted by atomic mass is 9.96. The van der Waals surface area contributed by atoms with Crippen LogP contribution in [0, 0.1) is 0 Å². The Morgan fingerprint density at radius 3 is 2.75 bits per heavy atom. The molecule has 0 aromatic carbocycles. The van der Waals surface area contributed by atoms with Gasteiger partial charge in [-0.15, -0.1) is 5.10 Å². The molecule has 1 aliphatic heterocycles. The molecule has 1 aromatic heterocycles. The summed E-state index contributed by atoms with van der Waals surface area (Å²) in [6.07, 6.45) is 2.09. The van der Waals surface area contributed by atoms with Gasteiger partial charge in [0.05, 0.1) is 5.69 Å². The first-order valence-corrected chi connectivity index (χ1v) is 5.75. The summed E-state index contributed by atoms with van der Waals surface area (Å²) < 4.78 is 5.32. The highest BCUT2D eigenvalue weighted by Gasteiger charge is 2.17. The van der Waals surface area contributed by atoms with Crippen LogP contribution in [-0.2, 0) is 4.74 Å². The molecule has 0 aliphatic carbocycles. The number of nitrogens with two attached hydrogens (primary N) is 1. The zero-order valence-corrected chi connectivity index (χ0v) is 9.35. The molecule has 0 amide bonds.